The minimum atomic E-state index is -0.487. The second-order valence-electron chi connectivity index (χ2n) is 7.64. The van der Waals surface area contributed by atoms with Crippen LogP contribution >= 0.6 is 24.8 Å². The zero-order valence-electron chi connectivity index (χ0n) is 17.1. The highest BCUT2D eigenvalue weighted by Crippen LogP contribution is 2.23. The van der Waals surface area contributed by atoms with Crippen LogP contribution in [0, 0.1) is 0 Å². The van der Waals surface area contributed by atoms with Crippen LogP contribution < -0.4 is 20.9 Å². The van der Waals surface area contributed by atoms with Crippen molar-refractivity contribution in [3.63, 3.8) is 0 Å². The predicted octanol–water partition coefficient (Wildman–Crippen LogP) is 3.50. The summed E-state index contributed by atoms with van der Waals surface area (Å²) >= 11 is 0. The molecule has 0 radical (unpaired) electrons. The summed E-state index contributed by atoms with van der Waals surface area (Å²) in [4.78, 5) is 27.4. The lowest BCUT2D eigenvalue weighted by molar-refractivity contribution is -0.127. The number of halogens is 2. The molecule has 1 aromatic rings. The second-order valence-corrected chi connectivity index (χ2v) is 7.64. The van der Waals surface area contributed by atoms with Gasteiger partial charge in [0.25, 0.3) is 0 Å². The van der Waals surface area contributed by atoms with Gasteiger partial charge in [0.1, 0.15) is 6.04 Å². The number of nitrogens with one attached hydrogen (secondary N) is 3. The van der Waals surface area contributed by atoms with Gasteiger partial charge in [0.15, 0.2) is 0 Å². The van der Waals surface area contributed by atoms with Gasteiger partial charge in [-0.3, -0.25) is 9.59 Å². The molecule has 164 valence electrons. The third-order valence-corrected chi connectivity index (χ3v) is 5.41. The quantitative estimate of drug-likeness (QED) is 0.573. The summed E-state index contributed by atoms with van der Waals surface area (Å²) in [6.45, 7) is 5.14. The maximum Gasteiger partial charge on any atom is 0.246 e. The van der Waals surface area contributed by atoms with Crippen molar-refractivity contribution in [2.45, 2.75) is 64.0 Å². The van der Waals surface area contributed by atoms with Crippen LogP contribution in [0.3, 0.4) is 0 Å². The van der Waals surface area contributed by atoms with Crippen molar-refractivity contribution < 1.29 is 9.59 Å². The molecule has 2 aliphatic heterocycles. The number of hydrogen-bond donors (Lipinski definition) is 3. The fourth-order valence-electron chi connectivity index (χ4n) is 3.95. The van der Waals surface area contributed by atoms with E-state index in [9.17, 15) is 9.59 Å². The van der Waals surface area contributed by atoms with Gasteiger partial charge in [-0.1, -0.05) is 19.4 Å². The summed E-state index contributed by atoms with van der Waals surface area (Å²) in [6, 6.07) is 7.75. The number of nitrogens with zero attached hydrogens (tertiary/aromatic N) is 1. The molecule has 0 aromatic heterocycles. The van der Waals surface area contributed by atoms with E-state index < -0.39 is 6.04 Å². The normalized spacial score (nSPS) is 19.1. The fraction of sp³-hybridized carbons (Fsp3) is 0.619. The van der Waals surface area contributed by atoms with Crippen LogP contribution in [0.4, 0.5) is 11.4 Å². The minimum absolute atomic E-state index is 0. The molecule has 1 aromatic carbocycles. The van der Waals surface area contributed by atoms with Gasteiger partial charge in [-0.15, -0.1) is 24.8 Å². The van der Waals surface area contributed by atoms with Crippen LogP contribution in [0.1, 0.15) is 51.9 Å². The lowest BCUT2D eigenvalue weighted by atomic mass is 10.1. The van der Waals surface area contributed by atoms with Crippen LogP contribution in [0.2, 0.25) is 0 Å². The van der Waals surface area contributed by atoms with E-state index in [0.717, 1.165) is 50.3 Å². The highest BCUT2D eigenvalue weighted by Gasteiger charge is 2.23. The van der Waals surface area contributed by atoms with E-state index in [1.807, 2.05) is 25.1 Å². The molecule has 0 saturated carbocycles. The molecule has 3 rings (SSSR count). The van der Waals surface area contributed by atoms with Gasteiger partial charge in [-0.05, 0) is 56.8 Å². The molecule has 0 bridgehead atoms. The molecule has 0 spiro atoms. The number of carbonyl (C=O) groups excluding carboxylic acids is 2. The predicted molar refractivity (Wildman–Crippen MR) is 123 cm³/mol. The Hall–Kier alpha value is -1.50. The summed E-state index contributed by atoms with van der Waals surface area (Å²) in [6.07, 6.45) is 6.51. The summed E-state index contributed by atoms with van der Waals surface area (Å²) in [7, 11) is 0. The van der Waals surface area contributed by atoms with Crippen LogP contribution in [0.15, 0.2) is 24.3 Å². The maximum absolute atomic E-state index is 12.8. The summed E-state index contributed by atoms with van der Waals surface area (Å²) < 4.78 is 0. The molecule has 2 heterocycles. The molecule has 0 aliphatic carbocycles. The Morgan fingerprint density at radius 3 is 2.62 bits per heavy atom. The Balaban J connectivity index is 0.00000210. The maximum atomic E-state index is 12.8. The van der Waals surface area contributed by atoms with Gasteiger partial charge in [0.05, 0.1) is 0 Å². The topological polar surface area (TPSA) is 73.5 Å². The second kappa shape index (κ2) is 12.9. The molecule has 2 saturated heterocycles. The van der Waals surface area contributed by atoms with E-state index in [1.54, 1.807) is 0 Å². The molecule has 2 atom stereocenters. The molecule has 3 N–H and O–H groups in total. The number of carbonyl (C=O) groups is 2. The van der Waals surface area contributed by atoms with Crippen molar-refractivity contribution in [2.24, 2.45) is 0 Å². The van der Waals surface area contributed by atoms with Crippen molar-refractivity contribution in [2.75, 3.05) is 29.9 Å². The molecule has 2 fully saturated rings. The average molecular weight is 445 g/mol. The Morgan fingerprint density at radius 2 is 1.97 bits per heavy atom. The number of rotatable bonds is 8. The fourth-order valence-corrected chi connectivity index (χ4v) is 3.95. The Bertz CT molecular complexity index is 647. The molecule has 6 nitrogen and oxygen atoms in total. The van der Waals surface area contributed by atoms with Crippen LogP contribution in [-0.4, -0.2) is 43.5 Å². The Labute approximate surface area is 186 Å². The van der Waals surface area contributed by atoms with E-state index in [4.69, 9.17) is 0 Å². The number of anilines is 2. The average Bonchev–Trinajstić information content (AvgIpc) is 3.35. The lowest BCUT2D eigenvalue weighted by Crippen LogP contribution is -2.45. The number of hydrogen-bond acceptors (Lipinski definition) is 4. The van der Waals surface area contributed by atoms with Gasteiger partial charge in [-0.2, -0.15) is 0 Å². The van der Waals surface area contributed by atoms with E-state index in [0.29, 0.717) is 12.8 Å². The zero-order chi connectivity index (χ0) is 19.1. The monoisotopic (exact) mass is 444 g/mol. The van der Waals surface area contributed by atoms with Gasteiger partial charge in [0, 0.05) is 36.9 Å². The first kappa shape index (κ1) is 25.5. The molecule has 2 unspecified atom stereocenters. The first-order valence-electron chi connectivity index (χ1n) is 10.3. The third kappa shape index (κ3) is 7.68. The standard InChI is InChI=1S/C21H32N4O2.2ClH/c1-2-7-19(24-20(26)15-16-9-6-11-22-16)21(27)23-17-8-5-10-18(14-17)25-12-3-4-13-25;;/h5,8,10,14,16,19,22H,2-4,6-7,9,11-13,15H2,1H3,(H,23,27)(H,24,26);2*1H. The van der Waals surface area contributed by atoms with Crippen molar-refractivity contribution in [3.8, 4) is 0 Å². The molecular formula is C21H34Cl2N4O2. The van der Waals surface area contributed by atoms with Gasteiger partial charge in [-0.25, -0.2) is 0 Å². The van der Waals surface area contributed by atoms with Crippen molar-refractivity contribution >= 4 is 48.0 Å². The molecule has 8 heteroatoms. The summed E-state index contributed by atoms with van der Waals surface area (Å²) in [5.74, 6) is -0.183. The van der Waals surface area contributed by atoms with E-state index in [-0.39, 0.29) is 42.7 Å². The zero-order valence-corrected chi connectivity index (χ0v) is 18.7. The minimum Gasteiger partial charge on any atom is -0.371 e. The SMILES string of the molecule is CCCC(NC(=O)CC1CCCN1)C(=O)Nc1cccc(N2CCCC2)c1.Cl.Cl. The third-order valence-electron chi connectivity index (χ3n) is 5.41. The summed E-state index contributed by atoms with van der Waals surface area (Å²) in [5, 5.41) is 9.26. The lowest BCUT2D eigenvalue weighted by Gasteiger charge is -2.21. The smallest absolute Gasteiger partial charge is 0.246 e. The highest BCUT2D eigenvalue weighted by atomic mass is 35.5. The molecular weight excluding hydrogens is 411 g/mol. The van der Waals surface area contributed by atoms with E-state index in [2.05, 4.69) is 26.9 Å². The van der Waals surface area contributed by atoms with Gasteiger partial charge in [0.2, 0.25) is 11.8 Å². The number of benzene rings is 1. The molecule has 29 heavy (non-hydrogen) atoms. The largest absolute Gasteiger partial charge is 0.371 e. The Kier molecular flexibility index (Phi) is 11.4. The first-order valence-corrected chi connectivity index (χ1v) is 10.3. The van der Waals surface area contributed by atoms with Gasteiger partial charge >= 0.3 is 0 Å². The highest BCUT2D eigenvalue weighted by molar-refractivity contribution is 5.97. The van der Waals surface area contributed by atoms with Gasteiger partial charge < -0.3 is 20.9 Å². The first-order chi connectivity index (χ1) is 13.2. The molecule has 2 aliphatic rings. The van der Waals surface area contributed by atoms with E-state index >= 15 is 0 Å². The van der Waals surface area contributed by atoms with Crippen LogP contribution in [0.25, 0.3) is 0 Å². The van der Waals surface area contributed by atoms with Crippen LogP contribution in [-0.2, 0) is 9.59 Å². The van der Waals surface area contributed by atoms with Crippen molar-refractivity contribution in [1.29, 1.82) is 0 Å². The van der Waals surface area contributed by atoms with E-state index in [1.165, 1.54) is 12.8 Å². The van der Waals surface area contributed by atoms with Crippen molar-refractivity contribution in [1.82, 2.24) is 10.6 Å². The number of amides is 2. The van der Waals surface area contributed by atoms with Crippen LogP contribution in [0.5, 0.6) is 0 Å². The summed E-state index contributed by atoms with van der Waals surface area (Å²) in [5.41, 5.74) is 1.94. The Morgan fingerprint density at radius 1 is 1.21 bits per heavy atom. The molecule has 2 amide bonds. The van der Waals surface area contributed by atoms with Crippen molar-refractivity contribution in [3.05, 3.63) is 24.3 Å².